The molecule has 1 N–H and O–H groups in total. The van der Waals surface area contributed by atoms with Crippen LogP contribution < -0.4 is 10.1 Å². The topological polar surface area (TPSA) is 98.5 Å². The van der Waals surface area contributed by atoms with Crippen molar-refractivity contribution in [3.8, 4) is 17.1 Å². The number of nitrogens with one attached hydrogen (secondary N) is 1. The highest BCUT2D eigenvalue weighted by molar-refractivity contribution is 7.94. The SMILES string of the molecule is COc1ccc(-c2cc(CNC(=O)C[C@@H]3C=CS(=O)(=O)C3)no2)cc1. The van der Waals surface area contributed by atoms with Gasteiger partial charge >= 0.3 is 0 Å². The van der Waals surface area contributed by atoms with Gasteiger partial charge in [0.1, 0.15) is 11.4 Å². The lowest BCUT2D eigenvalue weighted by Crippen LogP contribution is -2.25. The van der Waals surface area contributed by atoms with Gasteiger partial charge in [-0.05, 0) is 24.3 Å². The molecule has 25 heavy (non-hydrogen) atoms. The highest BCUT2D eigenvalue weighted by Crippen LogP contribution is 2.23. The van der Waals surface area contributed by atoms with Gasteiger partial charge in [-0.2, -0.15) is 0 Å². The number of hydrogen-bond acceptors (Lipinski definition) is 6. The average molecular weight is 362 g/mol. The van der Waals surface area contributed by atoms with Gasteiger partial charge in [-0.3, -0.25) is 4.79 Å². The van der Waals surface area contributed by atoms with Crippen molar-refractivity contribution in [3.05, 3.63) is 47.5 Å². The van der Waals surface area contributed by atoms with Gasteiger partial charge < -0.3 is 14.6 Å². The van der Waals surface area contributed by atoms with Crippen molar-refractivity contribution in [2.24, 2.45) is 5.92 Å². The molecule has 1 atom stereocenters. The number of hydrogen-bond donors (Lipinski definition) is 1. The first-order valence-electron chi connectivity index (χ1n) is 7.73. The molecule has 3 rings (SSSR count). The van der Waals surface area contributed by atoms with Crippen molar-refractivity contribution in [1.29, 1.82) is 0 Å². The molecule has 0 spiro atoms. The molecule has 1 amide bonds. The minimum atomic E-state index is -3.14. The van der Waals surface area contributed by atoms with Crippen LogP contribution >= 0.6 is 0 Å². The Morgan fingerprint density at radius 1 is 1.36 bits per heavy atom. The number of allylic oxidation sites excluding steroid dienone is 1. The first-order chi connectivity index (χ1) is 11.9. The summed E-state index contributed by atoms with van der Waals surface area (Å²) in [5.41, 5.74) is 1.45. The molecule has 2 aromatic rings. The molecule has 1 aliphatic rings. The van der Waals surface area contributed by atoms with Crippen LogP contribution in [0.25, 0.3) is 11.3 Å². The van der Waals surface area contributed by atoms with Crippen LogP contribution in [-0.2, 0) is 21.2 Å². The number of ether oxygens (including phenoxy) is 1. The predicted octanol–water partition coefficient (Wildman–Crippen LogP) is 1.91. The molecule has 8 heteroatoms. The Bertz CT molecular complexity index is 884. The fourth-order valence-electron chi connectivity index (χ4n) is 2.55. The summed E-state index contributed by atoms with van der Waals surface area (Å²) in [6.45, 7) is 0.224. The summed E-state index contributed by atoms with van der Waals surface area (Å²) in [6.07, 6.45) is 1.70. The van der Waals surface area contributed by atoms with Gasteiger partial charge in [0.25, 0.3) is 0 Å². The molecular formula is C17H18N2O5S. The Kier molecular flexibility index (Phi) is 4.89. The molecule has 1 aromatic carbocycles. The first-order valence-corrected chi connectivity index (χ1v) is 9.44. The number of amides is 1. The molecule has 0 unspecified atom stereocenters. The molecule has 1 aliphatic heterocycles. The van der Waals surface area contributed by atoms with E-state index in [1.807, 2.05) is 24.3 Å². The van der Waals surface area contributed by atoms with E-state index >= 15 is 0 Å². The Labute approximate surface area is 145 Å². The average Bonchev–Trinajstić information content (AvgIpc) is 3.19. The second-order valence-electron chi connectivity index (χ2n) is 5.81. The van der Waals surface area contributed by atoms with Gasteiger partial charge in [0.2, 0.25) is 5.91 Å². The van der Waals surface area contributed by atoms with Crippen molar-refractivity contribution in [2.45, 2.75) is 13.0 Å². The molecule has 7 nitrogen and oxygen atoms in total. The van der Waals surface area contributed by atoms with Gasteiger partial charge in [0.05, 0.1) is 19.4 Å². The normalized spacial score (nSPS) is 18.2. The summed E-state index contributed by atoms with van der Waals surface area (Å²) >= 11 is 0. The number of benzene rings is 1. The van der Waals surface area contributed by atoms with Crippen LogP contribution in [-0.4, -0.2) is 32.3 Å². The van der Waals surface area contributed by atoms with Crippen LogP contribution in [0.4, 0.5) is 0 Å². The van der Waals surface area contributed by atoms with E-state index in [1.54, 1.807) is 19.3 Å². The maximum atomic E-state index is 11.9. The number of carbonyl (C=O) groups excluding carboxylic acids is 1. The third kappa shape index (κ3) is 4.48. The maximum Gasteiger partial charge on any atom is 0.220 e. The molecule has 2 heterocycles. The molecule has 0 aliphatic carbocycles. The molecule has 0 fully saturated rings. The molecular weight excluding hydrogens is 344 g/mol. The van der Waals surface area contributed by atoms with Crippen LogP contribution in [0.1, 0.15) is 12.1 Å². The van der Waals surface area contributed by atoms with Crippen LogP contribution in [0.3, 0.4) is 0 Å². The van der Waals surface area contributed by atoms with E-state index in [0.29, 0.717) is 11.5 Å². The van der Waals surface area contributed by atoms with E-state index in [0.717, 1.165) is 11.3 Å². The second kappa shape index (κ2) is 7.10. The molecule has 0 radical (unpaired) electrons. The fourth-order valence-corrected chi connectivity index (χ4v) is 3.95. The molecule has 0 saturated carbocycles. The van der Waals surface area contributed by atoms with Crippen molar-refractivity contribution in [3.63, 3.8) is 0 Å². The van der Waals surface area contributed by atoms with Crippen molar-refractivity contribution >= 4 is 15.7 Å². The Hall–Kier alpha value is -2.61. The minimum Gasteiger partial charge on any atom is -0.497 e. The van der Waals surface area contributed by atoms with Gasteiger partial charge in [-0.15, -0.1) is 0 Å². The number of nitrogens with zero attached hydrogens (tertiary/aromatic N) is 1. The van der Waals surface area contributed by atoms with Gasteiger partial charge in [-0.1, -0.05) is 11.2 Å². The van der Waals surface area contributed by atoms with E-state index in [9.17, 15) is 13.2 Å². The Morgan fingerprint density at radius 3 is 2.76 bits per heavy atom. The van der Waals surface area contributed by atoms with E-state index < -0.39 is 9.84 Å². The summed E-state index contributed by atoms with van der Waals surface area (Å²) in [6, 6.07) is 9.11. The smallest absolute Gasteiger partial charge is 0.220 e. The summed E-state index contributed by atoms with van der Waals surface area (Å²) in [7, 11) is -1.54. The van der Waals surface area contributed by atoms with Gasteiger partial charge in [-0.25, -0.2) is 8.42 Å². The summed E-state index contributed by atoms with van der Waals surface area (Å²) < 4.78 is 33.1. The number of carbonyl (C=O) groups is 1. The highest BCUT2D eigenvalue weighted by Gasteiger charge is 2.23. The lowest BCUT2D eigenvalue weighted by atomic mass is 10.1. The molecule has 132 valence electrons. The van der Waals surface area contributed by atoms with Crippen LogP contribution in [0.5, 0.6) is 5.75 Å². The first kappa shape index (κ1) is 17.2. The standard InChI is InChI=1S/C17H18N2O5S/c1-23-15-4-2-13(3-5-15)16-9-14(19-24-16)10-18-17(20)8-12-6-7-25(21,22)11-12/h2-7,9,12H,8,10-11H2,1H3,(H,18,20)/t12-/m0/s1. The predicted molar refractivity (Wildman–Crippen MR) is 91.4 cm³/mol. The van der Waals surface area contributed by atoms with E-state index in [1.165, 1.54) is 5.41 Å². The maximum absolute atomic E-state index is 11.9. The minimum absolute atomic E-state index is 0.00794. The molecule has 1 aromatic heterocycles. The Morgan fingerprint density at radius 2 is 2.12 bits per heavy atom. The lowest BCUT2D eigenvalue weighted by Gasteiger charge is -2.06. The summed E-state index contributed by atoms with van der Waals surface area (Å²) in [5, 5.41) is 7.83. The fraction of sp³-hybridized carbons (Fsp3) is 0.294. The number of aromatic nitrogens is 1. The molecule has 0 bridgehead atoms. The zero-order chi connectivity index (χ0) is 17.9. The van der Waals surface area contributed by atoms with Gasteiger partial charge in [0, 0.05) is 29.4 Å². The van der Waals surface area contributed by atoms with E-state index in [-0.39, 0.29) is 30.5 Å². The largest absolute Gasteiger partial charge is 0.497 e. The highest BCUT2D eigenvalue weighted by atomic mass is 32.2. The van der Waals surface area contributed by atoms with Crippen molar-refractivity contribution < 1.29 is 22.5 Å². The third-order valence-corrected chi connectivity index (χ3v) is 5.32. The van der Waals surface area contributed by atoms with Crippen LogP contribution in [0.2, 0.25) is 0 Å². The summed E-state index contributed by atoms with van der Waals surface area (Å²) in [4.78, 5) is 11.9. The van der Waals surface area contributed by atoms with E-state index in [4.69, 9.17) is 9.26 Å². The summed E-state index contributed by atoms with van der Waals surface area (Å²) in [5.74, 6) is 0.847. The van der Waals surface area contributed by atoms with Gasteiger partial charge in [0.15, 0.2) is 15.6 Å². The Balaban J connectivity index is 1.53. The number of rotatable bonds is 6. The quantitative estimate of drug-likeness (QED) is 0.843. The number of sulfone groups is 1. The lowest BCUT2D eigenvalue weighted by molar-refractivity contribution is -0.121. The van der Waals surface area contributed by atoms with Crippen molar-refractivity contribution in [1.82, 2.24) is 10.5 Å². The molecule has 0 saturated heterocycles. The zero-order valence-corrected chi connectivity index (χ0v) is 14.5. The van der Waals surface area contributed by atoms with E-state index in [2.05, 4.69) is 10.5 Å². The third-order valence-electron chi connectivity index (χ3n) is 3.85. The monoisotopic (exact) mass is 362 g/mol. The van der Waals surface area contributed by atoms with Crippen LogP contribution in [0, 0.1) is 5.92 Å². The number of methoxy groups -OCH3 is 1. The zero-order valence-electron chi connectivity index (χ0n) is 13.6. The van der Waals surface area contributed by atoms with Crippen LogP contribution in [0.15, 0.2) is 46.3 Å². The van der Waals surface area contributed by atoms with Crippen molar-refractivity contribution in [2.75, 3.05) is 12.9 Å². The second-order valence-corrected chi connectivity index (χ2v) is 7.74.